The lowest BCUT2D eigenvalue weighted by Crippen LogP contribution is -2.38. The van der Waals surface area contributed by atoms with E-state index in [4.69, 9.17) is 5.73 Å². The lowest BCUT2D eigenvalue weighted by molar-refractivity contribution is 0.650. The maximum atomic E-state index is 5.87. The molecule has 0 spiro atoms. The zero-order valence-electron chi connectivity index (χ0n) is 9.24. The molecule has 0 saturated heterocycles. The Morgan fingerprint density at radius 3 is 3.07 bits per heavy atom. The van der Waals surface area contributed by atoms with Crippen LogP contribution in [0.5, 0.6) is 0 Å². The molecular weight excluding hydrogens is 186 g/mol. The Hall–Kier alpha value is -1.06. The number of anilines is 1. The number of hydrogen-bond acceptors (Lipinski definition) is 3. The molecule has 82 valence electrons. The third-order valence-corrected chi connectivity index (χ3v) is 2.71. The van der Waals surface area contributed by atoms with Crippen molar-refractivity contribution in [1.82, 2.24) is 5.32 Å². The fourth-order valence-corrected chi connectivity index (χ4v) is 2.06. The second kappa shape index (κ2) is 4.64. The van der Waals surface area contributed by atoms with E-state index >= 15 is 0 Å². The molecule has 1 atom stereocenters. The molecule has 1 aromatic rings. The molecular formula is C12H19N3. The third-order valence-electron chi connectivity index (χ3n) is 2.71. The molecule has 0 amide bonds. The lowest BCUT2D eigenvalue weighted by Gasteiger charge is -2.26. The number of para-hydroxylation sites is 1. The van der Waals surface area contributed by atoms with Gasteiger partial charge in [-0.1, -0.05) is 18.2 Å². The summed E-state index contributed by atoms with van der Waals surface area (Å²) < 4.78 is 0. The van der Waals surface area contributed by atoms with E-state index in [2.05, 4.69) is 41.4 Å². The van der Waals surface area contributed by atoms with Gasteiger partial charge in [0, 0.05) is 37.9 Å². The number of nitrogens with zero attached hydrogens (tertiary/aromatic N) is 1. The van der Waals surface area contributed by atoms with E-state index in [9.17, 15) is 0 Å². The van der Waals surface area contributed by atoms with Crippen molar-refractivity contribution in [2.45, 2.75) is 19.5 Å². The number of rotatable bonds is 2. The van der Waals surface area contributed by atoms with Gasteiger partial charge >= 0.3 is 0 Å². The summed E-state index contributed by atoms with van der Waals surface area (Å²) in [6, 6.07) is 8.77. The van der Waals surface area contributed by atoms with E-state index in [0.717, 1.165) is 26.2 Å². The highest BCUT2D eigenvalue weighted by Gasteiger charge is 2.14. The predicted octanol–water partition coefficient (Wildman–Crippen LogP) is 0.943. The van der Waals surface area contributed by atoms with E-state index in [1.54, 1.807) is 0 Å². The van der Waals surface area contributed by atoms with Crippen LogP contribution in [-0.4, -0.2) is 25.7 Å². The topological polar surface area (TPSA) is 41.3 Å². The zero-order valence-corrected chi connectivity index (χ0v) is 9.24. The van der Waals surface area contributed by atoms with Crippen molar-refractivity contribution in [3.8, 4) is 0 Å². The maximum absolute atomic E-state index is 5.87. The van der Waals surface area contributed by atoms with Crippen LogP contribution in [0.1, 0.15) is 12.5 Å². The van der Waals surface area contributed by atoms with Gasteiger partial charge in [0.05, 0.1) is 0 Å². The highest BCUT2D eigenvalue weighted by Crippen LogP contribution is 2.21. The monoisotopic (exact) mass is 205 g/mol. The van der Waals surface area contributed by atoms with Crippen LogP contribution in [0.2, 0.25) is 0 Å². The van der Waals surface area contributed by atoms with Crippen LogP contribution in [-0.2, 0) is 6.54 Å². The van der Waals surface area contributed by atoms with Crippen molar-refractivity contribution in [3.63, 3.8) is 0 Å². The summed E-state index contributed by atoms with van der Waals surface area (Å²) in [5, 5.41) is 3.42. The molecule has 0 radical (unpaired) electrons. The standard InChI is InChI=1S/C12H19N3/c1-10(13)9-15-7-6-14-8-11-4-2-3-5-12(11)15/h2-5,10,14H,6-9,13H2,1H3. The molecule has 0 aromatic heterocycles. The van der Waals surface area contributed by atoms with Gasteiger partial charge < -0.3 is 16.0 Å². The summed E-state index contributed by atoms with van der Waals surface area (Å²) >= 11 is 0. The second-order valence-electron chi connectivity index (χ2n) is 4.23. The molecule has 1 heterocycles. The highest BCUT2D eigenvalue weighted by atomic mass is 15.2. The molecule has 0 aliphatic carbocycles. The fraction of sp³-hybridized carbons (Fsp3) is 0.500. The molecule has 1 aromatic carbocycles. The summed E-state index contributed by atoms with van der Waals surface area (Å²) in [6.45, 7) is 6.02. The van der Waals surface area contributed by atoms with Crippen molar-refractivity contribution in [2.75, 3.05) is 24.5 Å². The lowest BCUT2D eigenvalue weighted by atomic mass is 10.1. The Morgan fingerprint density at radius 2 is 2.27 bits per heavy atom. The van der Waals surface area contributed by atoms with Crippen molar-refractivity contribution in [1.29, 1.82) is 0 Å². The van der Waals surface area contributed by atoms with E-state index in [-0.39, 0.29) is 6.04 Å². The first-order chi connectivity index (χ1) is 7.27. The first kappa shape index (κ1) is 10.5. The Morgan fingerprint density at radius 1 is 1.47 bits per heavy atom. The molecule has 0 fully saturated rings. The van der Waals surface area contributed by atoms with Crippen LogP contribution in [0.3, 0.4) is 0 Å². The van der Waals surface area contributed by atoms with Crippen LogP contribution < -0.4 is 16.0 Å². The Bertz CT molecular complexity index is 322. The minimum Gasteiger partial charge on any atom is -0.368 e. The van der Waals surface area contributed by atoms with Gasteiger partial charge in [0.25, 0.3) is 0 Å². The van der Waals surface area contributed by atoms with Crippen LogP contribution in [0.15, 0.2) is 24.3 Å². The predicted molar refractivity (Wildman–Crippen MR) is 64.0 cm³/mol. The number of nitrogens with one attached hydrogen (secondary N) is 1. The van der Waals surface area contributed by atoms with Crippen molar-refractivity contribution < 1.29 is 0 Å². The minimum atomic E-state index is 0.219. The van der Waals surface area contributed by atoms with Gasteiger partial charge in [-0.25, -0.2) is 0 Å². The molecule has 3 nitrogen and oxygen atoms in total. The normalized spacial score (nSPS) is 18.1. The smallest absolute Gasteiger partial charge is 0.0412 e. The molecule has 3 heteroatoms. The van der Waals surface area contributed by atoms with Crippen molar-refractivity contribution in [2.24, 2.45) is 5.73 Å². The first-order valence-electron chi connectivity index (χ1n) is 5.56. The van der Waals surface area contributed by atoms with E-state index in [1.165, 1.54) is 11.3 Å². The largest absolute Gasteiger partial charge is 0.368 e. The Balaban J connectivity index is 2.24. The summed E-state index contributed by atoms with van der Waals surface area (Å²) in [5.41, 5.74) is 8.57. The number of benzene rings is 1. The molecule has 0 saturated carbocycles. The number of nitrogens with two attached hydrogens (primary N) is 1. The van der Waals surface area contributed by atoms with Gasteiger partial charge in [0.2, 0.25) is 0 Å². The first-order valence-corrected chi connectivity index (χ1v) is 5.56. The SMILES string of the molecule is CC(N)CN1CCNCc2ccccc21. The summed E-state index contributed by atoms with van der Waals surface area (Å²) in [7, 11) is 0. The number of hydrogen-bond donors (Lipinski definition) is 2. The number of fused-ring (bicyclic) bond motifs is 1. The van der Waals surface area contributed by atoms with Gasteiger partial charge in [-0.15, -0.1) is 0 Å². The molecule has 1 unspecified atom stereocenters. The van der Waals surface area contributed by atoms with Crippen LogP contribution in [0, 0.1) is 0 Å². The Labute approximate surface area is 91.3 Å². The van der Waals surface area contributed by atoms with Gasteiger partial charge in [0.1, 0.15) is 0 Å². The molecule has 0 bridgehead atoms. The fourth-order valence-electron chi connectivity index (χ4n) is 2.06. The minimum absolute atomic E-state index is 0.219. The summed E-state index contributed by atoms with van der Waals surface area (Å²) in [5.74, 6) is 0. The van der Waals surface area contributed by atoms with Gasteiger partial charge in [-0.2, -0.15) is 0 Å². The highest BCUT2D eigenvalue weighted by molar-refractivity contribution is 5.54. The molecule has 1 aliphatic heterocycles. The van der Waals surface area contributed by atoms with Crippen molar-refractivity contribution in [3.05, 3.63) is 29.8 Å². The van der Waals surface area contributed by atoms with E-state index in [0.29, 0.717) is 0 Å². The average molecular weight is 205 g/mol. The molecule has 3 N–H and O–H groups in total. The summed E-state index contributed by atoms with van der Waals surface area (Å²) in [4.78, 5) is 2.38. The molecule has 15 heavy (non-hydrogen) atoms. The van der Waals surface area contributed by atoms with Gasteiger partial charge in [-0.3, -0.25) is 0 Å². The van der Waals surface area contributed by atoms with Crippen LogP contribution in [0.4, 0.5) is 5.69 Å². The third kappa shape index (κ3) is 2.49. The van der Waals surface area contributed by atoms with Gasteiger partial charge in [-0.05, 0) is 18.6 Å². The van der Waals surface area contributed by atoms with Crippen molar-refractivity contribution >= 4 is 5.69 Å². The molecule has 2 rings (SSSR count). The second-order valence-corrected chi connectivity index (χ2v) is 4.23. The maximum Gasteiger partial charge on any atom is 0.0412 e. The van der Waals surface area contributed by atoms with Gasteiger partial charge in [0.15, 0.2) is 0 Å². The van der Waals surface area contributed by atoms with Crippen LogP contribution in [0.25, 0.3) is 0 Å². The van der Waals surface area contributed by atoms with E-state index < -0.39 is 0 Å². The van der Waals surface area contributed by atoms with Crippen LogP contribution >= 0.6 is 0 Å². The van der Waals surface area contributed by atoms with E-state index in [1.807, 2.05) is 0 Å². The Kier molecular flexibility index (Phi) is 3.23. The molecule has 1 aliphatic rings. The average Bonchev–Trinajstić information content (AvgIpc) is 2.41. The summed E-state index contributed by atoms with van der Waals surface area (Å²) in [6.07, 6.45) is 0. The zero-order chi connectivity index (χ0) is 10.7. The quantitative estimate of drug-likeness (QED) is 0.755.